The molecule has 10 fully saturated rings. The Balaban J connectivity index is 1.17. The van der Waals surface area contributed by atoms with Crippen LogP contribution in [0.5, 0.6) is 17.2 Å². The predicted molar refractivity (Wildman–Crippen MR) is 79.8 cm³/mol. The molecular formula is C19H14FeO4. The summed E-state index contributed by atoms with van der Waals surface area (Å²) in [5, 5.41) is 29.0. The summed E-state index contributed by atoms with van der Waals surface area (Å²) in [6, 6.07) is 2.76. The Morgan fingerprint density at radius 2 is 1.50 bits per heavy atom. The van der Waals surface area contributed by atoms with Gasteiger partial charge in [-0.15, -0.1) is 0 Å². The second-order valence-corrected chi connectivity index (χ2v) is 35.6. The van der Waals surface area contributed by atoms with E-state index in [1.54, 1.807) is 0 Å². The van der Waals surface area contributed by atoms with Gasteiger partial charge in [0.2, 0.25) is 0 Å². The Bertz CT molecular complexity index is 1420. The molecule has 0 amide bonds. The standard InChI is InChI=1S/C14H9O4.C5H5.Fe/c15-11(9-3-1-2-4-9)7-5-10-6-8-12(16)14(18)13(10)17;1-2-4-5-3-1;/h1-4,6,8,16-18H;1-5H;. The van der Waals surface area contributed by atoms with Gasteiger partial charge in [-0.05, 0) is 0 Å². The number of carbonyl (C=O) groups is 1. The average molecular weight is 362 g/mol. The number of ketones is 1. The molecule has 0 aromatic heterocycles. The third-order valence-corrected chi connectivity index (χ3v) is 58.8. The van der Waals surface area contributed by atoms with E-state index < -0.39 is 18.0 Å². The number of hydrogen-bond donors (Lipinski definition) is 3. The third-order valence-electron chi connectivity index (χ3n) is 16.5. The molecule has 5 heteroatoms. The van der Waals surface area contributed by atoms with Gasteiger partial charge in [0, 0.05) is 0 Å². The molecule has 3 N–H and O–H groups in total. The number of carbonyl (C=O) groups excluding carboxylic acids is 1. The molecule has 10 aliphatic rings. The Labute approximate surface area is 127 Å². The van der Waals surface area contributed by atoms with E-state index in [4.69, 9.17) is 0 Å². The van der Waals surface area contributed by atoms with Gasteiger partial charge in [-0.25, -0.2) is 0 Å². The maximum atomic E-state index is 13.3. The molecule has 4 atom stereocenters. The fraction of sp³-hybridized carbons (Fsp3) is 0.526. The van der Waals surface area contributed by atoms with Crippen molar-refractivity contribution in [1.82, 2.24) is 0 Å². The van der Waals surface area contributed by atoms with Gasteiger partial charge in [0.05, 0.1) is 0 Å². The number of Topliss-reactive ketones (excluding diaryl/α,β-unsaturated/α-hetero) is 1. The van der Waals surface area contributed by atoms with Crippen LogP contribution in [0.2, 0.25) is 47.7 Å². The van der Waals surface area contributed by atoms with Crippen LogP contribution in [0, 0.1) is 11.8 Å². The zero-order chi connectivity index (χ0) is 15.7. The van der Waals surface area contributed by atoms with Crippen LogP contribution in [0.3, 0.4) is 0 Å². The van der Waals surface area contributed by atoms with E-state index in [9.17, 15) is 20.1 Å². The molecule has 4 nitrogen and oxygen atoms in total. The van der Waals surface area contributed by atoms with Crippen LogP contribution >= 0.6 is 0 Å². The Morgan fingerprint density at radius 1 is 0.917 bits per heavy atom. The molecule has 0 bridgehead atoms. The van der Waals surface area contributed by atoms with Crippen LogP contribution in [0.15, 0.2) is 12.1 Å². The van der Waals surface area contributed by atoms with E-state index in [-0.39, 0.29) is 21.4 Å². The van der Waals surface area contributed by atoms with Gasteiger partial charge >= 0.3 is 127 Å². The van der Waals surface area contributed by atoms with Crippen LogP contribution < -0.4 is 0 Å². The van der Waals surface area contributed by atoms with Gasteiger partial charge < -0.3 is 0 Å². The Morgan fingerprint density at radius 3 is 1.96 bits per heavy atom. The minimum atomic E-state index is -3.44. The van der Waals surface area contributed by atoms with Gasteiger partial charge in [0.25, 0.3) is 0 Å². The van der Waals surface area contributed by atoms with Gasteiger partial charge in [-0.1, -0.05) is 0 Å². The molecule has 10 aliphatic heterocycles. The van der Waals surface area contributed by atoms with Gasteiger partial charge in [0.15, 0.2) is 0 Å². The van der Waals surface area contributed by atoms with Gasteiger partial charge in [-0.2, -0.15) is 0 Å². The molecule has 1 spiro atoms. The zero-order valence-corrected chi connectivity index (χ0v) is 13.6. The van der Waals surface area contributed by atoms with Crippen molar-refractivity contribution in [1.29, 1.82) is 0 Å². The topological polar surface area (TPSA) is 77.8 Å². The van der Waals surface area contributed by atoms with Gasteiger partial charge in [0.1, 0.15) is 0 Å². The SMILES string of the molecule is O=C(C#Cc1ccc(O)c(O)c1O)[C]12[CH]3[CH]4[CH]5[CH]1[Fe]45321678[CH]2[CH]1[CH]6[CH]7[CH]28. The predicted octanol–water partition coefficient (Wildman–Crippen LogP) is 3.48. The monoisotopic (exact) mass is 362 g/mol. The average Bonchev–Trinajstić information content (AvgIpc) is 3.51. The van der Waals surface area contributed by atoms with E-state index >= 15 is 0 Å². The summed E-state index contributed by atoms with van der Waals surface area (Å²) in [4.78, 5) is 22.7. The first-order valence-electron chi connectivity index (χ1n) is 8.79. The van der Waals surface area contributed by atoms with Crippen molar-refractivity contribution in [2.75, 3.05) is 0 Å². The number of hydrogen-bond acceptors (Lipinski definition) is 4. The van der Waals surface area contributed by atoms with E-state index in [1.807, 2.05) is 0 Å². The molecule has 122 valence electrons. The molecule has 1 aromatic rings. The molecule has 10 heterocycles. The normalized spacial score (nSPS) is 86.9. The van der Waals surface area contributed by atoms with Crippen LogP contribution in [0.4, 0.5) is 0 Å². The summed E-state index contributed by atoms with van der Waals surface area (Å²) in [6.07, 6.45) is 0. The number of phenols is 3. The minimum absolute atomic E-state index is 0.112. The van der Waals surface area contributed by atoms with Crippen molar-refractivity contribution in [2.24, 2.45) is 0 Å². The number of fused-ring (bicyclic) bond motifs is 10. The second kappa shape index (κ2) is 0.975. The van der Waals surface area contributed by atoms with Crippen LogP contribution in [0.25, 0.3) is 0 Å². The summed E-state index contributed by atoms with van der Waals surface area (Å²) in [5.41, 5.74) is 0.227. The molecule has 24 heavy (non-hydrogen) atoms. The summed E-state index contributed by atoms with van der Waals surface area (Å²) in [5.74, 6) is 4.56. The first-order chi connectivity index (χ1) is 11.3. The van der Waals surface area contributed by atoms with Crippen molar-refractivity contribution in [3.8, 4) is 29.1 Å². The first kappa shape index (κ1) is 9.75. The molecule has 11 rings (SSSR count). The van der Waals surface area contributed by atoms with Crippen molar-refractivity contribution in [3.63, 3.8) is 0 Å². The summed E-state index contributed by atoms with van der Waals surface area (Å²) < 4.78 is 0.112. The number of rotatable bonds is 1. The molecule has 10 saturated heterocycles. The zero-order valence-electron chi connectivity index (χ0n) is 12.5. The van der Waals surface area contributed by atoms with Gasteiger partial charge in [-0.3, -0.25) is 0 Å². The van der Waals surface area contributed by atoms with Crippen molar-refractivity contribution >= 4 is 5.78 Å². The Hall–Kier alpha value is -1.63. The van der Waals surface area contributed by atoms with E-state index in [1.165, 1.54) is 12.1 Å². The molecule has 0 radical (unpaired) electrons. The summed E-state index contributed by atoms with van der Waals surface area (Å²) in [6.45, 7) is -3.44. The maximum absolute atomic E-state index is 13.3. The van der Waals surface area contributed by atoms with E-state index in [0.29, 0.717) is 0 Å². The summed E-state index contributed by atoms with van der Waals surface area (Å²) in [7, 11) is 0. The number of aromatic hydroxyl groups is 3. The second-order valence-electron chi connectivity index (χ2n) is 12.1. The van der Waals surface area contributed by atoms with Crippen molar-refractivity contribution < 1.29 is 26.6 Å². The van der Waals surface area contributed by atoms with Crippen LogP contribution in [-0.4, -0.2) is 21.1 Å². The fourth-order valence-corrected chi connectivity index (χ4v) is 91.4. The van der Waals surface area contributed by atoms with Crippen LogP contribution in [0.1, 0.15) is 5.56 Å². The first-order valence-corrected chi connectivity index (χ1v) is 15.1. The van der Waals surface area contributed by atoms with E-state index in [0.717, 1.165) is 43.3 Å². The third kappa shape index (κ3) is 0.133. The molecule has 1 aromatic carbocycles. The van der Waals surface area contributed by atoms with Crippen molar-refractivity contribution in [3.05, 3.63) is 17.7 Å². The molecule has 0 aliphatic carbocycles. The van der Waals surface area contributed by atoms with Crippen molar-refractivity contribution in [2.45, 2.75) is 47.7 Å². The fourth-order valence-electron chi connectivity index (χ4n) is 17.7. The molecule has 0 saturated carbocycles. The molecular weight excluding hydrogens is 348 g/mol. The summed E-state index contributed by atoms with van der Waals surface area (Å²) >= 11 is 0. The number of benzene rings is 1. The number of phenolic OH excluding ortho intramolecular Hbond substituents is 3. The van der Waals surface area contributed by atoms with Crippen LogP contribution in [-0.2, 0) is 11.3 Å². The molecule has 4 unspecified atom stereocenters. The quantitative estimate of drug-likeness (QED) is 0.406. The van der Waals surface area contributed by atoms with E-state index in [2.05, 4.69) is 11.8 Å². The Kier molecular flexibility index (Phi) is 0.396.